The van der Waals surface area contributed by atoms with Crippen LogP contribution in [-0.2, 0) is 0 Å². The molecule has 0 aliphatic carbocycles. The van der Waals surface area contributed by atoms with Crippen LogP contribution in [0.3, 0.4) is 0 Å². The molecule has 0 N–H and O–H groups in total. The molecule has 0 radical (unpaired) electrons. The molecule has 0 bridgehead atoms. The molecule has 4 nitrogen and oxygen atoms in total. The molecule has 10 rings (SSSR count). The molecule has 0 fully saturated rings. The first-order valence-corrected chi connectivity index (χ1v) is 16.4. The van der Waals surface area contributed by atoms with E-state index in [0.29, 0.717) is 17.5 Å². The Labute approximate surface area is 282 Å². The Morgan fingerprint density at radius 1 is 0.327 bits per heavy atom. The van der Waals surface area contributed by atoms with Crippen LogP contribution in [0.25, 0.3) is 99.5 Å². The quantitative estimate of drug-likeness (QED) is 0.183. The van der Waals surface area contributed by atoms with Crippen molar-refractivity contribution in [3.05, 3.63) is 164 Å². The first-order chi connectivity index (χ1) is 24.3. The summed E-state index contributed by atoms with van der Waals surface area (Å²) in [4.78, 5) is 15.4. The SMILES string of the molecule is c1ccc(-c2nc(-c3cc4ccccc4c4ccccc34)nc(-c3cccc4oc5cc(-c6ccc7ccccc7c6)ccc5c34)n2)cc1. The van der Waals surface area contributed by atoms with Crippen LogP contribution in [0.1, 0.15) is 0 Å². The summed E-state index contributed by atoms with van der Waals surface area (Å²) in [6, 6.07) is 56.9. The number of nitrogens with zero attached hydrogens (tertiary/aromatic N) is 3. The van der Waals surface area contributed by atoms with E-state index in [2.05, 4.69) is 121 Å². The van der Waals surface area contributed by atoms with Gasteiger partial charge in [0.1, 0.15) is 11.2 Å². The first-order valence-electron chi connectivity index (χ1n) is 16.4. The third kappa shape index (κ3) is 4.57. The molecule has 2 aromatic heterocycles. The molecule has 49 heavy (non-hydrogen) atoms. The van der Waals surface area contributed by atoms with E-state index in [1.165, 1.54) is 21.5 Å². The van der Waals surface area contributed by atoms with Crippen LogP contribution in [0.5, 0.6) is 0 Å². The third-order valence-corrected chi connectivity index (χ3v) is 9.50. The summed E-state index contributed by atoms with van der Waals surface area (Å²) in [5.74, 6) is 1.86. The highest BCUT2D eigenvalue weighted by Gasteiger charge is 2.19. The van der Waals surface area contributed by atoms with Crippen molar-refractivity contribution in [3.63, 3.8) is 0 Å². The second-order valence-electron chi connectivity index (χ2n) is 12.4. The summed E-state index contributed by atoms with van der Waals surface area (Å²) >= 11 is 0. The molecule has 0 amide bonds. The zero-order valence-electron chi connectivity index (χ0n) is 26.3. The van der Waals surface area contributed by atoms with Gasteiger partial charge < -0.3 is 4.42 Å². The molecule has 10 aromatic rings. The molecule has 0 aliphatic heterocycles. The van der Waals surface area contributed by atoms with Crippen LogP contribution >= 0.6 is 0 Å². The van der Waals surface area contributed by atoms with Crippen molar-refractivity contribution < 1.29 is 4.42 Å². The van der Waals surface area contributed by atoms with E-state index in [-0.39, 0.29) is 0 Å². The summed E-state index contributed by atoms with van der Waals surface area (Å²) in [6.45, 7) is 0. The molecule has 0 unspecified atom stereocenters. The minimum absolute atomic E-state index is 0.605. The topological polar surface area (TPSA) is 51.8 Å². The Balaban J connectivity index is 1.19. The van der Waals surface area contributed by atoms with E-state index in [9.17, 15) is 0 Å². The van der Waals surface area contributed by atoms with Gasteiger partial charge in [0.15, 0.2) is 17.5 Å². The molecule has 0 aliphatic rings. The van der Waals surface area contributed by atoms with Gasteiger partial charge in [0.25, 0.3) is 0 Å². The molecule has 0 atom stereocenters. The highest BCUT2D eigenvalue weighted by Crippen LogP contribution is 2.40. The predicted octanol–water partition coefficient (Wildman–Crippen LogP) is 11.9. The van der Waals surface area contributed by atoms with Gasteiger partial charge in [-0.2, -0.15) is 0 Å². The van der Waals surface area contributed by atoms with E-state index >= 15 is 0 Å². The molecule has 228 valence electrons. The summed E-state index contributed by atoms with van der Waals surface area (Å²) in [5, 5.41) is 9.07. The lowest BCUT2D eigenvalue weighted by molar-refractivity contribution is 0.669. The number of fused-ring (bicyclic) bond motifs is 7. The highest BCUT2D eigenvalue weighted by molar-refractivity contribution is 6.14. The van der Waals surface area contributed by atoms with E-state index in [1.807, 2.05) is 42.5 Å². The highest BCUT2D eigenvalue weighted by atomic mass is 16.3. The van der Waals surface area contributed by atoms with Gasteiger partial charge in [0.2, 0.25) is 0 Å². The molecule has 0 saturated carbocycles. The maximum atomic E-state index is 6.53. The van der Waals surface area contributed by atoms with Crippen LogP contribution in [0.4, 0.5) is 0 Å². The van der Waals surface area contributed by atoms with Gasteiger partial charge in [0.05, 0.1) is 0 Å². The summed E-state index contributed by atoms with van der Waals surface area (Å²) in [5.41, 5.74) is 6.69. The van der Waals surface area contributed by atoms with Gasteiger partial charge in [-0.05, 0) is 73.8 Å². The van der Waals surface area contributed by atoms with Crippen LogP contribution in [0.2, 0.25) is 0 Å². The van der Waals surface area contributed by atoms with Gasteiger partial charge in [-0.15, -0.1) is 0 Å². The van der Waals surface area contributed by atoms with Gasteiger partial charge >= 0.3 is 0 Å². The fraction of sp³-hybridized carbons (Fsp3) is 0. The largest absolute Gasteiger partial charge is 0.456 e. The van der Waals surface area contributed by atoms with Crippen LogP contribution in [0.15, 0.2) is 168 Å². The Hall–Kier alpha value is -6.65. The van der Waals surface area contributed by atoms with Gasteiger partial charge in [-0.3, -0.25) is 0 Å². The lowest BCUT2D eigenvalue weighted by atomic mass is 9.96. The van der Waals surface area contributed by atoms with Gasteiger partial charge in [-0.25, -0.2) is 15.0 Å². The maximum Gasteiger partial charge on any atom is 0.164 e. The molecular weight excluding hydrogens is 599 g/mol. The standard InChI is InChI=1S/C45H27N3O/c1-2-12-29(13-3-1)43-46-44(48-45(47-43)39-26-33-15-6-7-16-34(33)35-17-8-9-18-36(35)39)38-19-10-20-40-42(38)37-24-23-32(27-41(37)49-40)31-22-21-28-11-4-5-14-30(28)25-31/h1-27H. The summed E-state index contributed by atoms with van der Waals surface area (Å²) in [7, 11) is 0. The number of aromatic nitrogens is 3. The van der Waals surface area contributed by atoms with E-state index in [1.54, 1.807) is 0 Å². The molecular formula is C45H27N3O. The first kappa shape index (κ1) is 27.5. The molecule has 2 heterocycles. The molecule has 4 heteroatoms. The lowest BCUT2D eigenvalue weighted by Crippen LogP contribution is -2.01. The van der Waals surface area contributed by atoms with Crippen molar-refractivity contribution in [1.29, 1.82) is 0 Å². The fourth-order valence-electron chi connectivity index (χ4n) is 7.13. The van der Waals surface area contributed by atoms with Crippen molar-refractivity contribution in [3.8, 4) is 45.3 Å². The number of furan rings is 1. The van der Waals surface area contributed by atoms with E-state index < -0.39 is 0 Å². The van der Waals surface area contributed by atoms with E-state index in [0.717, 1.165) is 60.5 Å². The number of hydrogen-bond acceptors (Lipinski definition) is 4. The Kier molecular flexibility index (Phi) is 6.15. The fourth-order valence-corrected chi connectivity index (χ4v) is 7.13. The summed E-state index contributed by atoms with van der Waals surface area (Å²) < 4.78 is 6.53. The molecule has 0 saturated heterocycles. The normalized spacial score (nSPS) is 11.7. The average molecular weight is 626 g/mol. The van der Waals surface area contributed by atoms with Crippen molar-refractivity contribution >= 4 is 54.3 Å². The van der Waals surface area contributed by atoms with Crippen molar-refractivity contribution in [1.82, 2.24) is 15.0 Å². The van der Waals surface area contributed by atoms with Crippen LogP contribution in [-0.4, -0.2) is 15.0 Å². The Morgan fingerprint density at radius 3 is 1.84 bits per heavy atom. The number of hydrogen-bond donors (Lipinski definition) is 0. The Morgan fingerprint density at radius 2 is 0.980 bits per heavy atom. The predicted molar refractivity (Wildman–Crippen MR) is 201 cm³/mol. The Bertz CT molecular complexity index is 2890. The van der Waals surface area contributed by atoms with E-state index in [4.69, 9.17) is 19.4 Å². The zero-order valence-corrected chi connectivity index (χ0v) is 26.3. The molecule has 0 spiro atoms. The minimum atomic E-state index is 0.605. The van der Waals surface area contributed by atoms with Crippen molar-refractivity contribution in [2.24, 2.45) is 0 Å². The lowest BCUT2D eigenvalue weighted by Gasteiger charge is -2.12. The van der Waals surface area contributed by atoms with Gasteiger partial charge in [0, 0.05) is 27.5 Å². The smallest absolute Gasteiger partial charge is 0.164 e. The number of rotatable bonds is 4. The monoisotopic (exact) mass is 625 g/mol. The second-order valence-corrected chi connectivity index (χ2v) is 12.4. The van der Waals surface area contributed by atoms with Gasteiger partial charge in [-0.1, -0.05) is 133 Å². The molecule has 8 aromatic carbocycles. The van der Waals surface area contributed by atoms with Crippen LogP contribution in [0, 0.1) is 0 Å². The second kappa shape index (κ2) is 11.0. The number of benzene rings is 8. The third-order valence-electron chi connectivity index (χ3n) is 9.50. The average Bonchev–Trinajstić information content (AvgIpc) is 3.56. The zero-order chi connectivity index (χ0) is 32.3. The van der Waals surface area contributed by atoms with Crippen molar-refractivity contribution in [2.75, 3.05) is 0 Å². The summed E-state index contributed by atoms with van der Waals surface area (Å²) in [6.07, 6.45) is 0. The van der Waals surface area contributed by atoms with Crippen LogP contribution < -0.4 is 0 Å². The van der Waals surface area contributed by atoms with Crippen molar-refractivity contribution in [2.45, 2.75) is 0 Å². The minimum Gasteiger partial charge on any atom is -0.456 e. The maximum absolute atomic E-state index is 6.53.